The largest absolute Gasteiger partial charge is 0.493 e. The molecule has 1 aliphatic carbocycles. The summed E-state index contributed by atoms with van der Waals surface area (Å²) in [4.78, 5) is 0. The normalized spacial score (nSPS) is 16.5. The van der Waals surface area contributed by atoms with Gasteiger partial charge in [-0.3, -0.25) is 0 Å². The zero-order chi connectivity index (χ0) is 26.2. The second-order valence-electron chi connectivity index (χ2n) is 11.3. The molecule has 0 saturated heterocycles. The van der Waals surface area contributed by atoms with E-state index in [0.29, 0.717) is 17.9 Å². The summed E-state index contributed by atoms with van der Waals surface area (Å²) < 4.78 is 16.9. The highest BCUT2D eigenvalue weighted by Gasteiger charge is 2.23. The molecule has 0 heterocycles. The highest BCUT2D eigenvalue weighted by Crippen LogP contribution is 2.39. The topological polar surface area (TPSA) is 27.7 Å². The van der Waals surface area contributed by atoms with Gasteiger partial charge in [0.05, 0.1) is 18.8 Å². The van der Waals surface area contributed by atoms with E-state index in [1.165, 1.54) is 30.4 Å². The summed E-state index contributed by atoms with van der Waals surface area (Å²) in [7, 11) is 3.44. The number of benzene rings is 2. The third-order valence-electron chi connectivity index (χ3n) is 7.64. The predicted molar refractivity (Wildman–Crippen MR) is 149 cm³/mol. The highest BCUT2D eigenvalue weighted by molar-refractivity contribution is 5.47. The fraction of sp³-hybridized carbons (Fsp3) is 0.625. The van der Waals surface area contributed by atoms with E-state index in [2.05, 4.69) is 77.9 Å². The van der Waals surface area contributed by atoms with Crippen molar-refractivity contribution in [2.75, 3.05) is 20.8 Å². The Labute approximate surface area is 215 Å². The second kappa shape index (κ2) is 13.5. The molecular formula is C32H50O3. The Morgan fingerprint density at radius 1 is 0.886 bits per heavy atom. The highest BCUT2D eigenvalue weighted by atomic mass is 16.5. The minimum Gasteiger partial charge on any atom is -0.493 e. The maximum Gasteiger partial charge on any atom is 0.130 e. The molecule has 35 heavy (non-hydrogen) atoms. The summed E-state index contributed by atoms with van der Waals surface area (Å²) >= 11 is 0. The van der Waals surface area contributed by atoms with Crippen LogP contribution >= 0.6 is 0 Å². The van der Waals surface area contributed by atoms with Gasteiger partial charge in [0.25, 0.3) is 0 Å². The van der Waals surface area contributed by atoms with Crippen LogP contribution in [0.5, 0.6) is 5.75 Å². The number of ether oxygens (including phenoxy) is 3. The maximum absolute atomic E-state index is 5.96. The van der Waals surface area contributed by atoms with Crippen LogP contribution in [0.4, 0.5) is 0 Å². The number of aryl methyl sites for hydroxylation is 1. The van der Waals surface area contributed by atoms with Gasteiger partial charge in [0.1, 0.15) is 5.75 Å². The van der Waals surface area contributed by atoms with Gasteiger partial charge in [-0.25, -0.2) is 0 Å². The molecule has 1 fully saturated rings. The van der Waals surface area contributed by atoms with Crippen molar-refractivity contribution in [3.8, 4) is 5.75 Å². The second-order valence-corrected chi connectivity index (χ2v) is 11.3. The first-order valence-corrected chi connectivity index (χ1v) is 13.5. The van der Waals surface area contributed by atoms with Crippen LogP contribution in [0.25, 0.3) is 0 Å². The van der Waals surface area contributed by atoms with Crippen LogP contribution in [-0.2, 0) is 9.47 Å². The Morgan fingerprint density at radius 3 is 1.77 bits per heavy atom. The van der Waals surface area contributed by atoms with Crippen LogP contribution in [0.15, 0.2) is 36.4 Å². The molecule has 2 aromatic carbocycles. The Morgan fingerprint density at radius 2 is 1.40 bits per heavy atom. The monoisotopic (exact) mass is 482 g/mol. The lowest BCUT2D eigenvalue weighted by Gasteiger charge is -2.29. The van der Waals surface area contributed by atoms with Crippen molar-refractivity contribution in [1.82, 2.24) is 0 Å². The summed E-state index contributed by atoms with van der Waals surface area (Å²) in [6.07, 6.45) is 5.21. The van der Waals surface area contributed by atoms with Gasteiger partial charge in [-0.2, -0.15) is 0 Å². The van der Waals surface area contributed by atoms with E-state index in [4.69, 9.17) is 14.2 Å². The molecule has 3 rings (SSSR count). The Kier molecular flexibility index (Phi) is 11.3. The fourth-order valence-corrected chi connectivity index (χ4v) is 4.36. The average Bonchev–Trinajstić information content (AvgIpc) is 2.80. The average molecular weight is 483 g/mol. The molecule has 0 N–H and O–H groups in total. The van der Waals surface area contributed by atoms with Gasteiger partial charge in [0.2, 0.25) is 0 Å². The van der Waals surface area contributed by atoms with Crippen molar-refractivity contribution in [3.05, 3.63) is 64.2 Å². The van der Waals surface area contributed by atoms with Crippen LogP contribution in [0, 0.1) is 12.3 Å². The van der Waals surface area contributed by atoms with Crippen LogP contribution in [-0.4, -0.2) is 20.8 Å². The van der Waals surface area contributed by atoms with Gasteiger partial charge in [0.15, 0.2) is 0 Å². The Bertz CT molecular complexity index is 859. The minimum absolute atomic E-state index is 0.00885. The molecule has 0 bridgehead atoms. The first kappa shape index (κ1) is 29.4. The van der Waals surface area contributed by atoms with Crippen LogP contribution in [0.3, 0.4) is 0 Å². The van der Waals surface area contributed by atoms with Gasteiger partial charge >= 0.3 is 0 Å². The summed E-state index contributed by atoms with van der Waals surface area (Å²) in [5.41, 5.74) is 6.77. The van der Waals surface area contributed by atoms with Gasteiger partial charge < -0.3 is 14.2 Å². The Hall–Kier alpha value is -1.84. The van der Waals surface area contributed by atoms with Crippen molar-refractivity contribution in [3.63, 3.8) is 0 Å². The van der Waals surface area contributed by atoms with E-state index in [0.717, 1.165) is 29.2 Å². The lowest BCUT2D eigenvalue weighted by Crippen LogP contribution is -2.15. The van der Waals surface area contributed by atoms with E-state index in [1.54, 1.807) is 19.8 Å². The summed E-state index contributed by atoms with van der Waals surface area (Å²) in [6.45, 7) is 18.2. The summed E-state index contributed by atoms with van der Waals surface area (Å²) in [5, 5.41) is 0. The molecule has 0 aliphatic heterocycles. The quantitative estimate of drug-likeness (QED) is 0.356. The minimum atomic E-state index is 0.00885. The van der Waals surface area contributed by atoms with E-state index in [1.807, 2.05) is 13.8 Å². The molecule has 3 heteroatoms. The zero-order valence-electron chi connectivity index (χ0n) is 24.0. The van der Waals surface area contributed by atoms with Crippen LogP contribution < -0.4 is 4.74 Å². The lowest BCUT2D eigenvalue weighted by molar-refractivity contribution is 0.107. The Balaban J connectivity index is 0.000000250. The van der Waals surface area contributed by atoms with Crippen molar-refractivity contribution in [2.45, 2.75) is 105 Å². The van der Waals surface area contributed by atoms with Crippen LogP contribution in [0.2, 0.25) is 0 Å². The molecule has 1 aliphatic rings. The molecule has 1 saturated carbocycles. The number of rotatable bonds is 9. The third-order valence-corrected chi connectivity index (χ3v) is 7.64. The van der Waals surface area contributed by atoms with E-state index >= 15 is 0 Å². The standard InChI is InChI=1S/C16H26O3.C16H24/c1-7-8-19-16-14(12(3)17-5)9-11(2)10-15(16)13(4)18-6;1-12(16(2,3)4)13-8-10-15(11-9-13)14-6-5-7-14/h9-10,12-13H,7-8H2,1-6H3;8-12,14H,5-7H2,1-4H3. The summed E-state index contributed by atoms with van der Waals surface area (Å²) in [5.74, 6) is 2.40. The molecular weight excluding hydrogens is 432 g/mol. The predicted octanol–water partition coefficient (Wildman–Crippen LogP) is 9.30. The van der Waals surface area contributed by atoms with Crippen molar-refractivity contribution >= 4 is 0 Å². The SMILES string of the molecule is CC(c1ccc(C2CCC2)cc1)C(C)(C)C.CCCOc1c(C(C)OC)cc(C)cc1C(C)OC. The first-order valence-electron chi connectivity index (χ1n) is 13.5. The van der Waals surface area contributed by atoms with Gasteiger partial charge in [0, 0.05) is 25.3 Å². The summed E-state index contributed by atoms with van der Waals surface area (Å²) in [6, 6.07) is 13.6. The number of hydrogen-bond donors (Lipinski definition) is 0. The van der Waals surface area contributed by atoms with Crippen molar-refractivity contribution in [1.29, 1.82) is 0 Å². The molecule has 196 valence electrons. The molecule has 0 aromatic heterocycles. The maximum atomic E-state index is 5.96. The molecule has 0 spiro atoms. The van der Waals surface area contributed by atoms with Gasteiger partial charge in [-0.15, -0.1) is 0 Å². The van der Waals surface area contributed by atoms with E-state index < -0.39 is 0 Å². The van der Waals surface area contributed by atoms with Crippen molar-refractivity contribution in [2.24, 2.45) is 5.41 Å². The molecule has 3 nitrogen and oxygen atoms in total. The van der Waals surface area contributed by atoms with Crippen LogP contribution in [0.1, 0.15) is 126 Å². The van der Waals surface area contributed by atoms with Gasteiger partial charge in [-0.05, 0) is 80.5 Å². The number of methoxy groups -OCH3 is 2. The van der Waals surface area contributed by atoms with Crippen molar-refractivity contribution < 1.29 is 14.2 Å². The van der Waals surface area contributed by atoms with E-state index in [9.17, 15) is 0 Å². The third kappa shape index (κ3) is 8.08. The molecule has 2 aromatic rings. The van der Waals surface area contributed by atoms with Gasteiger partial charge in [-0.1, -0.05) is 70.9 Å². The lowest BCUT2D eigenvalue weighted by atomic mass is 9.76. The van der Waals surface area contributed by atoms with E-state index in [-0.39, 0.29) is 12.2 Å². The molecule has 3 unspecified atom stereocenters. The smallest absolute Gasteiger partial charge is 0.130 e. The number of hydrogen-bond acceptors (Lipinski definition) is 3. The molecule has 0 radical (unpaired) electrons. The fourth-order valence-electron chi connectivity index (χ4n) is 4.36. The first-order chi connectivity index (χ1) is 16.5. The molecule has 0 amide bonds. The molecule has 3 atom stereocenters. The zero-order valence-corrected chi connectivity index (χ0v) is 24.0.